The molecule has 0 radical (unpaired) electrons. The summed E-state index contributed by atoms with van der Waals surface area (Å²) in [4.78, 5) is 10.7. The minimum Gasteiger partial charge on any atom is -0.480 e. The van der Waals surface area contributed by atoms with E-state index in [-0.39, 0.29) is 6.54 Å². The number of carboxylic acid groups (broad SMARTS) is 1. The van der Waals surface area contributed by atoms with Gasteiger partial charge in [-0.05, 0) is 23.6 Å². The van der Waals surface area contributed by atoms with Gasteiger partial charge in [-0.2, -0.15) is 0 Å². The van der Waals surface area contributed by atoms with Crippen LogP contribution in [0.2, 0.25) is 0 Å². The Kier molecular flexibility index (Phi) is 2.98. The predicted molar refractivity (Wildman–Crippen MR) is 65.2 cm³/mol. The van der Waals surface area contributed by atoms with Crippen LogP contribution in [0.3, 0.4) is 0 Å². The highest BCUT2D eigenvalue weighted by Gasteiger charge is 2.13. The molecule has 0 saturated heterocycles. The molecular weight excluding hydrogens is 272 g/mol. The Morgan fingerprint density at radius 1 is 1.50 bits per heavy atom. The van der Waals surface area contributed by atoms with E-state index in [4.69, 9.17) is 10.8 Å². The number of halogens is 1. The smallest absolute Gasteiger partial charge is 0.322 e. The summed E-state index contributed by atoms with van der Waals surface area (Å²) in [5.41, 5.74) is 6.48. The van der Waals surface area contributed by atoms with E-state index in [1.54, 1.807) is 0 Å². The number of hydrogen-bond donors (Lipinski definition) is 2. The van der Waals surface area contributed by atoms with Gasteiger partial charge in [-0.1, -0.05) is 22.0 Å². The lowest BCUT2D eigenvalue weighted by molar-refractivity contribution is -0.138. The minimum absolute atomic E-state index is 0.273. The first-order chi connectivity index (χ1) is 7.58. The molecule has 3 N–H and O–H groups in total. The predicted octanol–water partition coefficient (Wildman–Crippen LogP) is 1.82. The number of hydrogen-bond acceptors (Lipinski definition) is 2. The third-order valence-electron chi connectivity index (χ3n) is 2.45. The number of carbonyl (C=O) groups is 1. The van der Waals surface area contributed by atoms with Crippen molar-refractivity contribution in [2.45, 2.75) is 12.6 Å². The van der Waals surface area contributed by atoms with Gasteiger partial charge in [0.1, 0.15) is 6.04 Å². The van der Waals surface area contributed by atoms with Gasteiger partial charge in [0.2, 0.25) is 0 Å². The van der Waals surface area contributed by atoms with Crippen LogP contribution in [0.1, 0.15) is 0 Å². The zero-order valence-electron chi connectivity index (χ0n) is 8.43. The maximum Gasteiger partial charge on any atom is 0.322 e. The zero-order chi connectivity index (χ0) is 11.7. The van der Waals surface area contributed by atoms with E-state index in [0.717, 1.165) is 15.4 Å². The molecule has 1 aromatic heterocycles. The first-order valence-electron chi connectivity index (χ1n) is 4.81. The number of rotatable bonds is 3. The third kappa shape index (κ3) is 2.10. The van der Waals surface area contributed by atoms with Crippen LogP contribution >= 0.6 is 15.9 Å². The van der Waals surface area contributed by atoms with Crippen molar-refractivity contribution >= 4 is 32.8 Å². The van der Waals surface area contributed by atoms with Crippen molar-refractivity contribution in [3.63, 3.8) is 0 Å². The fourth-order valence-corrected chi connectivity index (χ4v) is 1.96. The van der Waals surface area contributed by atoms with E-state index in [2.05, 4.69) is 15.9 Å². The molecule has 4 nitrogen and oxygen atoms in total. The molecule has 0 saturated carbocycles. The zero-order valence-corrected chi connectivity index (χ0v) is 10.0. The fourth-order valence-electron chi connectivity index (χ4n) is 1.61. The van der Waals surface area contributed by atoms with Crippen molar-refractivity contribution in [1.82, 2.24) is 4.57 Å². The van der Waals surface area contributed by atoms with Crippen molar-refractivity contribution in [2.24, 2.45) is 5.73 Å². The Morgan fingerprint density at radius 2 is 2.25 bits per heavy atom. The van der Waals surface area contributed by atoms with Gasteiger partial charge in [0, 0.05) is 22.7 Å². The Balaban J connectivity index is 2.37. The molecular formula is C11H11BrN2O2. The normalized spacial score (nSPS) is 12.9. The molecule has 1 unspecified atom stereocenters. The highest BCUT2D eigenvalue weighted by Crippen LogP contribution is 2.20. The largest absolute Gasteiger partial charge is 0.480 e. The van der Waals surface area contributed by atoms with Crippen LogP contribution in [-0.4, -0.2) is 21.7 Å². The summed E-state index contributed by atoms with van der Waals surface area (Å²) < 4.78 is 2.81. The maximum atomic E-state index is 10.7. The molecule has 5 heteroatoms. The topological polar surface area (TPSA) is 68.2 Å². The monoisotopic (exact) mass is 282 g/mol. The number of benzene rings is 1. The molecule has 0 aliphatic carbocycles. The van der Waals surface area contributed by atoms with Crippen LogP contribution in [0.5, 0.6) is 0 Å². The van der Waals surface area contributed by atoms with Crippen molar-refractivity contribution < 1.29 is 9.90 Å². The Bertz CT molecular complexity index is 536. The molecule has 0 fully saturated rings. The van der Waals surface area contributed by atoms with Gasteiger partial charge in [0.15, 0.2) is 0 Å². The molecule has 16 heavy (non-hydrogen) atoms. The molecule has 0 amide bonds. The van der Waals surface area contributed by atoms with E-state index in [1.807, 2.05) is 35.0 Å². The van der Waals surface area contributed by atoms with E-state index >= 15 is 0 Å². The molecule has 1 atom stereocenters. The number of fused-ring (bicyclic) bond motifs is 1. The standard InChI is InChI=1S/C11H11BrN2O2/c12-8-2-1-7-3-4-14(10(7)5-8)6-9(13)11(15)16/h1-5,9H,6,13H2,(H,15,16). The quantitative estimate of drug-likeness (QED) is 0.902. The van der Waals surface area contributed by atoms with Crippen molar-refractivity contribution in [3.8, 4) is 0 Å². The molecule has 0 aliphatic rings. The van der Waals surface area contributed by atoms with E-state index in [1.165, 1.54) is 0 Å². The first kappa shape index (κ1) is 11.2. The molecule has 0 bridgehead atoms. The summed E-state index contributed by atoms with van der Waals surface area (Å²) in [6.45, 7) is 0.273. The first-order valence-corrected chi connectivity index (χ1v) is 5.60. The summed E-state index contributed by atoms with van der Waals surface area (Å²) in [6.07, 6.45) is 1.85. The minimum atomic E-state index is -0.989. The summed E-state index contributed by atoms with van der Waals surface area (Å²) >= 11 is 3.39. The summed E-state index contributed by atoms with van der Waals surface area (Å²) in [5, 5.41) is 9.83. The third-order valence-corrected chi connectivity index (χ3v) is 2.94. The lowest BCUT2D eigenvalue weighted by Crippen LogP contribution is -2.34. The number of nitrogens with two attached hydrogens (primary N) is 1. The van der Waals surface area contributed by atoms with Crippen LogP contribution in [0.15, 0.2) is 34.9 Å². The summed E-state index contributed by atoms with van der Waals surface area (Å²) in [5.74, 6) is -0.989. The van der Waals surface area contributed by atoms with Gasteiger partial charge in [0.05, 0.1) is 0 Å². The van der Waals surface area contributed by atoms with E-state index in [9.17, 15) is 4.79 Å². The highest BCUT2D eigenvalue weighted by molar-refractivity contribution is 9.10. The average molecular weight is 283 g/mol. The molecule has 2 aromatic rings. The molecule has 84 valence electrons. The number of aromatic nitrogens is 1. The van der Waals surface area contributed by atoms with Gasteiger partial charge >= 0.3 is 5.97 Å². The van der Waals surface area contributed by atoms with Crippen molar-refractivity contribution in [1.29, 1.82) is 0 Å². The Hall–Kier alpha value is -1.33. The number of aliphatic carboxylic acids is 1. The second kappa shape index (κ2) is 4.27. The Morgan fingerprint density at radius 3 is 2.94 bits per heavy atom. The van der Waals surface area contributed by atoms with Crippen LogP contribution in [-0.2, 0) is 11.3 Å². The summed E-state index contributed by atoms with van der Waals surface area (Å²) in [7, 11) is 0. The van der Waals surface area contributed by atoms with Gasteiger partial charge < -0.3 is 15.4 Å². The van der Waals surface area contributed by atoms with Crippen molar-refractivity contribution in [2.75, 3.05) is 0 Å². The Labute approximate surface area is 101 Å². The molecule has 0 spiro atoms. The van der Waals surface area contributed by atoms with Gasteiger partial charge in [-0.25, -0.2) is 0 Å². The number of carboxylic acids is 1. The summed E-state index contributed by atoms with van der Waals surface area (Å²) in [6, 6.07) is 6.93. The van der Waals surface area contributed by atoms with E-state index in [0.29, 0.717) is 0 Å². The molecule has 1 heterocycles. The lowest BCUT2D eigenvalue weighted by atomic mass is 10.2. The second-order valence-corrected chi connectivity index (χ2v) is 4.53. The van der Waals surface area contributed by atoms with Crippen molar-refractivity contribution in [3.05, 3.63) is 34.9 Å². The van der Waals surface area contributed by atoms with Gasteiger partial charge in [-0.15, -0.1) is 0 Å². The van der Waals surface area contributed by atoms with Gasteiger partial charge in [-0.3, -0.25) is 4.79 Å². The van der Waals surface area contributed by atoms with Crippen LogP contribution in [0.4, 0.5) is 0 Å². The number of nitrogens with zero attached hydrogens (tertiary/aromatic N) is 1. The SMILES string of the molecule is NC(Cn1ccc2ccc(Br)cc21)C(=O)O. The molecule has 0 aliphatic heterocycles. The molecule has 2 rings (SSSR count). The average Bonchev–Trinajstić information content (AvgIpc) is 2.61. The fraction of sp³-hybridized carbons (Fsp3) is 0.182. The van der Waals surface area contributed by atoms with Crippen LogP contribution in [0, 0.1) is 0 Å². The van der Waals surface area contributed by atoms with Crippen LogP contribution < -0.4 is 5.73 Å². The van der Waals surface area contributed by atoms with E-state index < -0.39 is 12.0 Å². The highest BCUT2D eigenvalue weighted by atomic mass is 79.9. The van der Waals surface area contributed by atoms with Gasteiger partial charge in [0.25, 0.3) is 0 Å². The lowest BCUT2D eigenvalue weighted by Gasteiger charge is -2.09. The van der Waals surface area contributed by atoms with Crippen LogP contribution in [0.25, 0.3) is 10.9 Å². The maximum absolute atomic E-state index is 10.7. The second-order valence-electron chi connectivity index (χ2n) is 3.62. The molecule has 1 aromatic carbocycles.